The maximum atomic E-state index is 12.6. The molecule has 26 heavy (non-hydrogen) atoms. The molecule has 1 aromatic heterocycles. The number of methoxy groups -OCH3 is 1. The number of aromatic nitrogens is 2. The molecule has 3 heterocycles. The van der Waals surface area contributed by atoms with Crippen LogP contribution in [0.25, 0.3) is 0 Å². The van der Waals surface area contributed by atoms with E-state index in [4.69, 9.17) is 10.5 Å². The van der Waals surface area contributed by atoms with Crippen LogP contribution in [0.5, 0.6) is 0 Å². The zero-order valence-electron chi connectivity index (χ0n) is 14.8. The van der Waals surface area contributed by atoms with Crippen LogP contribution in [0.1, 0.15) is 11.5 Å². The van der Waals surface area contributed by atoms with Crippen LogP contribution < -0.4 is 11.1 Å². The Bertz CT molecular complexity index is 711. The Morgan fingerprint density at radius 2 is 2.04 bits per heavy atom. The van der Waals surface area contributed by atoms with E-state index in [2.05, 4.69) is 10.3 Å². The van der Waals surface area contributed by atoms with Crippen molar-refractivity contribution >= 4 is 18.0 Å². The van der Waals surface area contributed by atoms with Crippen LogP contribution in [0, 0.1) is 6.92 Å². The number of fused-ring (bicyclic) bond motifs is 1. The number of carbonyl (C=O) groups is 3. The molecular weight excluding hydrogens is 342 g/mol. The highest BCUT2D eigenvalue weighted by atomic mass is 16.5. The molecule has 0 aromatic carbocycles. The van der Waals surface area contributed by atoms with E-state index < -0.39 is 12.1 Å². The van der Waals surface area contributed by atoms with Crippen LogP contribution in [0.15, 0.2) is 6.20 Å². The van der Waals surface area contributed by atoms with Crippen LogP contribution in [0.4, 0.5) is 9.59 Å². The SMILES string of the molecule is COCC(NC(N)=O)C(=O)N1CCN(N2Cc3cnc(C)n3C2=O)CC1. The van der Waals surface area contributed by atoms with Crippen molar-refractivity contribution in [3.05, 3.63) is 17.7 Å². The first-order valence-corrected chi connectivity index (χ1v) is 8.36. The summed E-state index contributed by atoms with van der Waals surface area (Å²) in [7, 11) is 1.45. The van der Waals surface area contributed by atoms with Crippen molar-refractivity contribution in [1.82, 2.24) is 29.8 Å². The van der Waals surface area contributed by atoms with Gasteiger partial charge in [-0.1, -0.05) is 0 Å². The molecular formula is C15H23N7O4. The van der Waals surface area contributed by atoms with Crippen molar-refractivity contribution in [2.45, 2.75) is 19.5 Å². The minimum Gasteiger partial charge on any atom is -0.382 e. The number of imidazole rings is 1. The second kappa shape index (κ2) is 7.30. The fourth-order valence-electron chi connectivity index (χ4n) is 3.31. The van der Waals surface area contributed by atoms with Gasteiger partial charge in [-0.3, -0.25) is 9.80 Å². The summed E-state index contributed by atoms with van der Waals surface area (Å²) in [6, 6.07) is -1.71. The number of primary amides is 1. The van der Waals surface area contributed by atoms with Crippen molar-refractivity contribution in [2.24, 2.45) is 5.73 Å². The Morgan fingerprint density at radius 3 is 2.62 bits per heavy atom. The maximum absolute atomic E-state index is 12.6. The van der Waals surface area contributed by atoms with Crippen LogP contribution in [-0.2, 0) is 16.1 Å². The predicted molar refractivity (Wildman–Crippen MR) is 89.8 cm³/mol. The quantitative estimate of drug-likeness (QED) is 0.669. The lowest BCUT2D eigenvalue weighted by molar-refractivity contribution is -0.138. The highest BCUT2D eigenvalue weighted by molar-refractivity contribution is 5.87. The number of hydrogen-bond donors (Lipinski definition) is 2. The molecule has 1 unspecified atom stereocenters. The van der Waals surface area contributed by atoms with Gasteiger partial charge in [-0.15, -0.1) is 0 Å². The fraction of sp³-hybridized carbons (Fsp3) is 0.600. The van der Waals surface area contributed by atoms with Crippen molar-refractivity contribution < 1.29 is 19.1 Å². The molecule has 3 rings (SSSR count). The number of hydrazine groups is 1. The number of aryl methyl sites for hydroxylation is 1. The number of urea groups is 1. The molecule has 2 aliphatic heterocycles. The summed E-state index contributed by atoms with van der Waals surface area (Å²) >= 11 is 0. The molecule has 0 saturated carbocycles. The van der Waals surface area contributed by atoms with Crippen molar-refractivity contribution in [3.63, 3.8) is 0 Å². The smallest absolute Gasteiger partial charge is 0.344 e. The van der Waals surface area contributed by atoms with Crippen molar-refractivity contribution in [3.8, 4) is 0 Å². The lowest BCUT2D eigenvalue weighted by atomic mass is 10.2. The molecule has 0 radical (unpaired) electrons. The lowest BCUT2D eigenvalue weighted by Gasteiger charge is -2.39. The number of nitrogens with one attached hydrogen (secondary N) is 1. The molecule has 0 aliphatic carbocycles. The van der Waals surface area contributed by atoms with Crippen LogP contribution in [0.3, 0.4) is 0 Å². The molecule has 3 N–H and O–H groups in total. The molecule has 1 saturated heterocycles. The number of nitrogens with zero attached hydrogens (tertiary/aromatic N) is 5. The van der Waals surface area contributed by atoms with E-state index in [0.717, 1.165) is 5.69 Å². The van der Waals surface area contributed by atoms with Gasteiger partial charge in [0.15, 0.2) is 0 Å². The largest absolute Gasteiger partial charge is 0.382 e. The van der Waals surface area contributed by atoms with E-state index in [1.165, 1.54) is 7.11 Å². The zero-order chi connectivity index (χ0) is 18.8. The Labute approximate surface area is 150 Å². The Morgan fingerprint density at radius 1 is 1.35 bits per heavy atom. The summed E-state index contributed by atoms with van der Waals surface area (Å²) in [5, 5.41) is 6.02. The Balaban J connectivity index is 1.58. The van der Waals surface area contributed by atoms with E-state index in [9.17, 15) is 14.4 Å². The molecule has 2 aliphatic rings. The van der Waals surface area contributed by atoms with Gasteiger partial charge in [0, 0.05) is 33.3 Å². The summed E-state index contributed by atoms with van der Waals surface area (Å²) in [4.78, 5) is 42.0. The molecule has 1 fully saturated rings. The van der Waals surface area contributed by atoms with E-state index in [1.807, 2.05) is 5.01 Å². The molecule has 4 amide bonds. The highest BCUT2D eigenvalue weighted by Crippen LogP contribution is 2.21. The van der Waals surface area contributed by atoms with Gasteiger partial charge in [-0.05, 0) is 6.92 Å². The summed E-state index contributed by atoms with van der Waals surface area (Å²) in [6.07, 6.45) is 1.71. The van der Waals surface area contributed by atoms with Crippen molar-refractivity contribution in [2.75, 3.05) is 39.9 Å². The third-order valence-corrected chi connectivity index (χ3v) is 4.59. The number of ether oxygens (including phenoxy) is 1. The number of carbonyl (C=O) groups excluding carboxylic acids is 3. The zero-order valence-corrected chi connectivity index (χ0v) is 14.8. The number of nitrogens with two attached hydrogens (primary N) is 1. The van der Waals surface area contributed by atoms with Gasteiger partial charge in [0.05, 0.1) is 25.0 Å². The van der Waals surface area contributed by atoms with Gasteiger partial charge >= 0.3 is 12.1 Å². The predicted octanol–water partition coefficient (Wildman–Crippen LogP) is -1.28. The monoisotopic (exact) mass is 365 g/mol. The minimum atomic E-state index is -0.813. The first kappa shape index (κ1) is 18.1. The third-order valence-electron chi connectivity index (χ3n) is 4.59. The molecule has 11 nitrogen and oxygen atoms in total. The normalized spacial score (nSPS) is 18.8. The average Bonchev–Trinajstić information content (AvgIpc) is 3.14. The minimum absolute atomic E-state index is 0.0499. The molecule has 11 heteroatoms. The van der Waals surface area contributed by atoms with Gasteiger partial charge in [-0.2, -0.15) is 0 Å². The highest BCUT2D eigenvalue weighted by Gasteiger charge is 2.36. The molecule has 1 atom stereocenters. The molecule has 0 bridgehead atoms. The number of amides is 4. The first-order chi connectivity index (χ1) is 12.4. The first-order valence-electron chi connectivity index (χ1n) is 8.36. The van der Waals surface area contributed by atoms with Gasteiger partial charge in [0.1, 0.15) is 11.9 Å². The van der Waals surface area contributed by atoms with Crippen LogP contribution in [0.2, 0.25) is 0 Å². The summed E-state index contributed by atoms with van der Waals surface area (Å²) in [5.41, 5.74) is 5.98. The van der Waals surface area contributed by atoms with E-state index >= 15 is 0 Å². The Hall–Kier alpha value is -2.66. The standard InChI is InChI=1S/C15H23N7O4/c1-10-17-7-11-8-21(15(25)22(10)11)20-5-3-19(4-6-20)13(23)12(9-26-2)18-14(16)24/h7,12H,3-6,8-9H2,1-2H3,(H3,16,18,24). The van der Waals surface area contributed by atoms with E-state index in [1.54, 1.807) is 27.6 Å². The lowest BCUT2D eigenvalue weighted by Crippen LogP contribution is -2.59. The van der Waals surface area contributed by atoms with Crippen molar-refractivity contribution in [1.29, 1.82) is 0 Å². The van der Waals surface area contributed by atoms with Crippen LogP contribution in [-0.4, -0.2) is 88.4 Å². The summed E-state index contributed by atoms with van der Waals surface area (Å²) < 4.78 is 6.58. The Kier molecular flexibility index (Phi) is 5.09. The maximum Gasteiger partial charge on any atom is 0.344 e. The van der Waals surface area contributed by atoms with Gasteiger partial charge in [0.25, 0.3) is 0 Å². The third kappa shape index (κ3) is 3.35. The topological polar surface area (TPSA) is 126 Å². The summed E-state index contributed by atoms with van der Waals surface area (Å²) in [5.74, 6) is 0.422. The van der Waals surface area contributed by atoms with Gasteiger partial charge < -0.3 is 20.7 Å². The second-order valence-electron chi connectivity index (χ2n) is 6.27. The van der Waals surface area contributed by atoms with Gasteiger partial charge in [-0.25, -0.2) is 24.1 Å². The van der Waals surface area contributed by atoms with E-state index in [0.29, 0.717) is 38.5 Å². The summed E-state index contributed by atoms with van der Waals surface area (Å²) in [6.45, 7) is 4.24. The number of piperazine rings is 1. The second-order valence-corrected chi connectivity index (χ2v) is 6.27. The molecule has 142 valence electrons. The van der Waals surface area contributed by atoms with E-state index in [-0.39, 0.29) is 18.5 Å². The number of hydrogen-bond acceptors (Lipinski definition) is 6. The molecule has 0 spiro atoms. The number of rotatable bonds is 5. The molecule has 1 aromatic rings. The average molecular weight is 365 g/mol. The van der Waals surface area contributed by atoms with Gasteiger partial charge in [0.2, 0.25) is 5.91 Å². The van der Waals surface area contributed by atoms with Crippen LogP contribution >= 0.6 is 0 Å². The fourth-order valence-corrected chi connectivity index (χ4v) is 3.31.